The maximum atomic E-state index is 5.74. The van der Waals surface area contributed by atoms with E-state index in [2.05, 4.69) is 31.8 Å². The number of hydrogen-bond acceptors (Lipinski definition) is 2. The van der Waals surface area contributed by atoms with Gasteiger partial charge in [-0.2, -0.15) is 0 Å². The lowest BCUT2D eigenvalue weighted by molar-refractivity contribution is 0.301. The maximum Gasteiger partial charge on any atom is 0.138 e. The van der Waals surface area contributed by atoms with Gasteiger partial charge in [0.25, 0.3) is 0 Å². The van der Waals surface area contributed by atoms with Gasteiger partial charge in [0.15, 0.2) is 0 Å². The lowest BCUT2D eigenvalue weighted by Crippen LogP contribution is -2.02. The summed E-state index contributed by atoms with van der Waals surface area (Å²) in [7, 11) is 0. The van der Waals surface area contributed by atoms with E-state index in [-0.39, 0.29) is 0 Å². The fourth-order valence-corrected chi connectivity index (χ4v) is 1.74. The molecule has 1 aliphatic carbocycles. The molecule has 0 aromatic carbocycles. The molecule has 0 radical (unpaired) electrons. The van der Waals surface area contributed by atoms with Crippen molar-refractivity contribution in [2.24, 2.45) is 0 Å². The molecular weight excluding hydrogens is 186 g/mol. The maximum absolute atomic E-state index is 5.74. The van der Waals surface area contributed by atoms with Crippen LogP contribution in [-0.4, -0.2) is 11.1 Å². The van der Waals surface area contributed by atoms with Crippen LogP contribution in [0.15, 0.2) is 12.3 Å². The van der Waals surface area contributed by atoms with Crippen LogP contribution < -0.4 is 4.74 Å². The van der Waals surface area contributed by atoms with Gasteiger partial charge in [0.2, 0.25) is 0 Å². The van der Waals surface area contributed by atoms with Crippen LogP contribution >= 0.6 is 0 Å². The predicted octanol–water partition coefficient (Wildman–Crippen LogP) is 3.31. The van der Waals surface area contributed by atoms with Crippen LogP contribution in [-0.2, 0) is 6.42 Å². The lowest BCUT2D eigenvalue weighted by Gasteiger charge is -2.12. The van der Waals surface area contributed by atoms with Gasteiger partial charge in [0.05, 0.1) is 12.3 Å². The van der Waals surface area contributed by atoms with Gasteiger partial charge in [0, 0.05) is 5.69 Å². The molecule has 2 heteroatoms. The van der Waals surface area contributed by atoms with Crippen molar-refractivity contribution in [2.75, 3.05) is 0 Å². The zero-order chi connectivity index (χ0) is 10.8. The molecule has 0 unspecified atom stereocenters. The quantitative estimate of drug-likeness (QED) is 0.752. The molecule has 0 amide bonds. The van der Waals surface area contributed by atoms with Gasteiger partial charge in [-0.05, 0) is 36.8 Å². The van der Waals surface area contributed by atoms with E-state index in [1.807, 2.05) is 6.20 Å². The third kappa shape index (κ3) is 2.49. The molecule has 1 heterocycles. The lowest BCUT2D eigenvalue weighted by atomic mass is 10.0. The number of aromatic nitrogens is 1. The van der Waals surface area contributed by atoms with Gasteiger partial charge in [-0.1, -0.05) is 20.8 Å². The largest absolute Gasteiger partial charge is 0.489 e. The summed E-state index contributed by atoms with van der Waals surface area (Å²) in [5, 5.41) is 0. The summed E-state index contributed by atoms with van der Waals surface area (Å²) in [5.74, 6) is 1.44. The molecule has 0 saturated heterocycles. The first kappa shape index (κ1) is 10.5. The van der Waals surface area contributed by atoms with E-state index in [1.165, 1.54) is 24.1 Å². The van der Waals surface area contributed by atoms with Crippen molar-refractivity contribution in [3.63, 3.8) is 0 Å². The molecule has 1 aromatic rings. The third-order valence-corrected chi connectivity index (χ3v) is 2.73. The monoisotopic (exact) mass is 205 g/mol. The number of nitrogens with zero attached hydrogens (tertiary/aromatic N) is 1. The van der Waals surface area contributed by atoms with Crippen LogP contribution in [0.1, 0.15) is 50.8 Å². The normalized spacial score (nSPS) is 15.7. The number of rotatable bonds is 4. The Labute approximate surface area is 91.7 Å². The highest BCUT2D eigenvalue weighted by molar-refractivity contribution is 5.31. The summed E-state index contributed by atoms with van der Waals surface area (Å²) in [4.78, 5) is 4.50. The van der Waals surface area contributed by atoms with Crippen LogP contribution in [0.5, 0.6) is 5.75 Å². The summed E-state index contributed by atoms with van der Waals surface area (Å²) < 4.78 is 5.74. The molecule has 1 aromatic heterocycles. The molecule has 2 nitrogen and oxygen atoms in total. The van der Waals surface area contributed by atoms with E-state index in [4.69, 9.17) is 4.74 Å². The zero-order valence-corrected chi connectivity index (χ0v) is 9.79. The van der Waals surface area contributed by atoms with Crippen LogP contribution in [0.2, 0.25) is 0 Å². The van der Waals surface area contributed by atoms with E-state index >= 15 is 0 Å². The first-order valence-electron chi connectivity index (χ1n) is 5.86. The molecule has 15 heavy (non-hydrogen) atoms. The van der Waals surface area contributed by atoms with E-state index in [1.54, 1.807) is 0 Å². The Morgan fingerprint density at radius 3 is 2.73 bits per heavy atom. The minimum atomic E-state index is 0.460. The highest BCUT2D eigenvalue weighted by atomic mass is 16.5. The molecule has 0 spiro atoms. The number of pyridine rings is 1. The summed E-state index contributed by atoms with van der Waals surface area (Å²) >= 11 is 0. The van der Waals surface area contributed by atoms with E-state index in [0.717, 1.165) is 12.2 Å². The first-order chi connectivity index (χ1) is 7.20. The van der Waals surface area contributed by atoms with Gasteiger partial charge in [0.1, 0.15) is 5.75 Å². The molecule has 0 aliphatic heterocycles. The minimum absolute atomic E-state index is 0.460. The average molecular weight is 205 g/mol. The van der Waals surface area contributed by atoms with Crippen molar-refractivity contribution in [1.29, 1.82) is 0 Å². The van der Waals surface area contributed by atoms with Gasteiger partial charge >= 0.3 is 0 Å². The van der Waals surface area contributed by atoms with Crippen molar-refractivity contribution < 1.29 is 4.74 Å². The van der Waals surface area contributed by atoms with Crippen LogP contribution in [0, 0.1) is 0 Å². The molecule has 82 valence electrons. The molecule has 1 saturated carbocycles. The summed E-state index contributed by atoms with van der Waals surface area (Å²) in [5.41, 5.74) is 2.53. The molecule has 2 rings (SSSR count). The number of hydrogen-bond donors (Lipinski definition) is 0. The number of ether oxygens (including phenoxy) is 1. The topological polar surface area (TPSA) is 22.1 Å². The smallest absolute Gasteiger partial charge is 0.138 e. The second-order valence-electron chi connectivity index (χ2n) is 4.54. The predicted molar refractivity (Wildman–Crippen MR) is 61.4 cm³/mol. The second-order valence-corrected chi connectivity index (χ2v) is 4.54. The molecule has 1 fully saturated rings. The molecule has 0 N–H and O–H groups in total. The average Bonchev–Trinajstić information content (AvgIpc) is 3.01. The summed E-state index contributed by atoms with van der Waals surface area (Å²) in [6, 6.07) is 2.15. The van der Waals surface area contributed by atoms with Gasteiger partial charge in [-0.3, -0.25) is 4.98 Å². The van der Waals surface area contributed by atoms with E-state index < -0.39 is 0 Å². The standard InChI is InChI=1S/C13H19NO/c1-4-10-7-12(15-11-5-6-11)8-14-13(10)9(2)3/h7-9,11H,4-6H2,1-3H3. The Kier molecular flexibility index (Phi) is 2.94. The van der Waals surface area contributed by atoms with Gasteiger partial charge < -0.3 is 4.74 Å². The third-order valence-electron chi connectivity index (χ3n) is 2.73. The number of aryl methyl sites for hydroxylation is 1. The fourth-order valence-electron chi connectivity index (χ4n) is 1.74. The Hall–Kier alpha value is -1.05. The fraction of sp³-hybridized carbons (Fsp3) is 0.615. The summed E-state index contributed by atoms with van der Waals surface area (Å²) in [6.07, 6.45) is 5.76. The molecule has 0 atom stereocenters. The Balaban J connectivity index is 2.20. The molecular formula is C13H19NO. The van der Waals surface area contributed by atoms with Gasteiger partial charge in [-0.15, -0.1) is 0 Å². The van der Waals surface area contributed by atoms with Crippen molar-refractivity contribution in [3.05, 3.63) is 23.5 Å². The van der Waals surface area contributed by atoms with E-state index in [9.17, 15) is 0 Å². The first-order valence-corrected chi connectivity index (χ1v) is 5.86. The minimum Gasteiger partial charge on any atom is -0.489 e. The van der Waals surface area contributed by atoms with Crippen molar-refractivity contribution in [3.8, 4) is 5.75 Å². The van der Waals surface area contributed by atoms with Gasteiger partial charge in [-0.25, -0.2) is 0 Å². The van der Waals surface area contributed by atoms with Crippen LogP contribution in [0.4, 0.5) is 0 Å². The zero-order valence-electron chi connectivity index (χ0n) is 9.79. The summed E-state index contributed by atoms with van der Waals surface area (Å²) in [6.45, 7) is 6.54. The highest BCUT2D eigenvalue weighted by Crippen LogP contribution is 2.28. The van der Waals surface area contributed by atoms with Crippen molar-refractivity contribution >= 4 is 0 Å². The Morgan fingerprint density at radius 2 is 2.20 bits per heavy atom. The molecule has 1 aliphatic rings. The second kappa shape index (κ2) is 4.21. The Morgan fingerprint density at radius 1 is 1.47 bits per heavy atom. The van der Waals surface area contributed by atoms with Crippen molar-refractivity contribution in [2.45, 2.75) is 52.1 Å². The highest BCUT2D eigenvalue weighted by Gasteiger charge is 2.23. The van der Waals surface area contributed by atoms with Crippen molar-refractivity contribution in [1.82, 2.24) is 4.98 Å². The Bertz CT molecular complexity index is 342. The van der Waals surface area contributed by atoms with E-state index in [0.29, 0.717) is 12.0 Å². The SMILES string of the molecule is CCc1cc(OC2CC2)cnc1C(C)C. The molecule has 0 bridgehead atoms. The van der Waals surface area contributed by atoms with Crippen LogP contribution in [0.3, 0.4) is 0 Å². The van der Waals surface area contributed by atoms with Crippen LogP contribution in [0.25, 0.3) is 0 Å².